The molecular formula is C16H16N2O4S2. The molecule has 0 amide bonds. The Balaban J connectivity index is 2.18. The third-order valence-corrected chi connectivity index (χ3v) is 7.05. The number of rotatable bonds is 3. The zero-order valence-electron chi connectivity index (χ0n) is 13.2. The summed E-state index contributed by atoms with van der Waals surface area (Å²) in [5.74, 6) is 0.642. The molecule has 0 atom stereocenters. The highest BCUT2D eigenvalue weighted by atomic mass is 32.2. The van der Waals surface area contributed by atoms with Crippen molar-refractivity contribution in [3.05, 3.63) is 57.6 Å². The fraction of sp³-hybridized carbons (Fsp3) is 0.250. The van der Waals surface area contributed by atoms with Crippen molar-refractivity contribution in [1.82, 2.24) is 0 Å². The molecule has 0 bridgehead atoms. The van der Waals surface area contributed by atoms with E-state index in [4.69, 9.17) is 0 Å². The first-order chi connectivity index (χ1) is 11.3. The molecule has 1 aliphatic rings. The lowest BCUT2D eigenvalue weighted by atomic mass is 10.1. The fourth-order valence-electron chi connectivity index (χ4n) is 2.69. The Bertz CT molecular complexity index is 926. The van der Waals surface area contributed by atoms with Gasteiger partial charge in [0, 0.05) is 29.3 Å². The average Bonchev–Trinajstić information content (AvgIpc) is 2.56. The van der Waals surface area contributed by atoms with Gasteiger partial charge in [-0.1, -0.05) is 12.1 Å². The first-order valence-corrected chi connectivity index (χ1v) is 9.75. The van der Waals surface area contributed by atoms with Gasteiger partial charge in [-0.2, -0.15) is 0 Å². The van der Waals surface area contributed by atoms with Crippen LogP contribution in [-0.2, 0) is 10.0 Å². The lowest BCUT2D eigenvalue weighted by Gasteiger charge is -2.30. The summed E-state index contributed by atoms with van der Waals surface area (Å²) >= 11 is 1.60. The monoisotopic (exact) mass is 364 g/mol. The summed E-state index contributed by atoms with van der Waals surface area (Å²) < 4.78 is 27.7. The predicted octanol–water partition coefficient (Wildman–Crippen LogP) is 3.51. The Labute approximate surface area is 144 Å². The number of hydrogen-bond acceptors (Lipinski definition) is 5. The van der Waals surface area contributed by atoms with Crippen LogP contribution in [0.15, 0.2) is 46.2 Å². The second kappa shape index (κ2) is 6.10. The van der Waals surface area contributed by atoms with Gasteiger partial charge in [0.1, 0.15) is 0 Å². The van der Waals surface area contributed by atoms with E-state index in [9.17, 15) is 18.5 Å². The number of nitro benzene ring substituents is 1. The van der Waals surface area contributed by atoms with E-state index in [-0.39, 0.29) is 10.6 Å². The lowest BCUT2D eigenvalue weighted by molar-refractivity contribution is -0.385. The van der Waals surface area contributed by atoms with Crippen molar-refractivity contribution in [1.29, 1.82) is 0 Å². The number of non-ortho nitro benzene ring substituents is 1. The molecule has 2 aromatic carbocycles. The number of para-hydroxylation sites is 1. The number of benzene rings is 2. The second-order valence-electron chi connectivity index (χ2n) is 5.54. The van der Waals surface area contributed by atoms with Crippen LogP contribution in [0.2, 0.25) is 0 Å². The van der Waals surface area contributed by atoms with Crippen LogP contribution in [0.5, 0.6) is 0 Å². The van der Waals surface area contributed by atoms with E-state index in [1.165, 1.54) is 10.4 Å². The van der Waals surface area contributed by atoms with E-state index >= 15 is 0 Å². The smallest absolute Gasteiger partial charge is 0.264 e. The van der Waals surface area contributed by atoms with Crippen molar-refractivity contribution < 1.29 is 13.3 Å². The summed E-state index contributed by atoms with van der Waals surface area (Å²) in [6.07, 6.45) is 0. The van der Waals surface area contributed by atoms with E-state index in [2.05, 4.69) is 0 Å². The van der Waals surface area contributed by atoms with Gasteiger partial charge in [-0.05, 0) is 37.1 Å². The molecule has 0 radical (unpaired) electrons. The van der Waals surface area contributed by atoms with Gasteiger partial charge in [0.05, 0.1) is 15.5 Å². The number of fused-ring (bicyclic) bond motifs is 1. The van der Waals surface area contributed by atoms with Gasteiger partial charge < -0.3 is 0 Å². The number of nitro groups is 1. The second-order valence-corrected chi connectivity index (χ2v) is 8.50. The number of thioether (sulfide) groups is 1. The van der Waals surface area contributed by atoms with Crippen molar-refractivity contribution in [3.8, 4) is 0 Å². The highest BCUT2D eigenvalue weighted by Crippen LogP contribution is 2.38. The Morgan fingerprint density at radius 1 is 1.21 bits per heavy atom. The number of aryl methyl sites for hydroxylation is 1. The molecule has 8 heteroatoms. The topological polar surface area (TPSA) is 80.5 Å². The van der Waals surface area contributed by atoms with Crippen LogP contribution in [0.3, 0.4) is 0 Å². The predicted molar refractivity (Wildman–Crippen MR) is 94.3 cm³/mol. The van der Waals surface area contributed by atoms with E-state index in [0.29, 0.717) is 29.1 Å². The van der Waals surface area contributed by atoms with Crippen LogP contribution in [-0.4, -0.2) is 25.6 Å². The molecular weight excluding hydrogens is 348 g/mol. The molecule has 3 rings (SSSR count). The van der Waals surface area contributed by atoms with Crippen molar-refractivity contribution in [3.63, 3.8) is 0 Å². The van der Waals surface area contributed by atoms with E-state index in [0.717, 1.165) is 11.0 Å². The van der Waals surface area contributed by atoms with Gasteiger partial charge in [0.15, 0.2) is 0 Å². The molecule has 0 N–H and O–H groups in total. The molecule has 0 unspecified atom stereocenters. The summed E-state index contributed by atoms with van der Waals surface area (Å²) in [5, 5.41) is 11.1. The minimum absolute atomic E-state index is 0.00379. The van der Waals surface area contributed by atoms with Gasteiger partial charge in [-0.15, -0.1) is 11.8 Å². The zero-order valence-corrected chi connectivity index (χ0v) is 14.9. The van der Waals surface area contributed by atoms with Crippen molar-refractivity contribution in [2.45, 2.75) is 23.6 Å². The highest BCUT2D eigenvalue weighted by Gasteiger charge is 2.32. The largest absolute Gasteiger partial charge is 0.271 e. The SMILES string of the molecule is Cc1cc([N+](=O)[O-])cc(S(=O)(=O)N2CCSc3ccccc32)c1C. The first kappa shape index (κ1) is 16.8. The Morgan fingerprint density at radius 3 is 2.62 bits per heavy atom. The van der Waals surface area contributed by atoms with E-state index in [1.807, 2.05) is 12.1 Å². The third kappa shape index (κ3) is 2.76. The fourth-order valence-corrected chi connectivity index (χ4v) is 5.67. The summed E-state index contributed by atoms with van der Waals surface area (Å²) in [4.78, 5) is 11.4. The van der Waals surface area contributed by atoms with Crippen LogP contribution in [0.4, 0.5) is 11.4 Å². The van der Waals surface area contributed by atoms with Crippen molar-refractivity contribution in [2.75, 3.05) is 16.6 Å². The number of anilines is 1. The van der Waals surface area contributed by atoms with Gasteiger partial charge in [0.25, 0.3) is 15.7 Å². The molecule has 126 valence electrons. The van der Waals surface area contributed by atoms with E-state index in [1.54, 1.807) is 37.7 Å². The molecule has 1 heterocycles. The normalized spacial score (nSPS) is 14.3. The Kier molecular flexibility index (Phi) is 4.27. The van der Waals surface area contributed by atoms with Crippen LogP contribution >= 0.6 is 11.8 Å². The minimum Gasteiger partial charge on any atom is -0.264 e. The maximum absolute atomic E-state index is 13.2. The molecule has 1 aliphatic heterocycles. The molecule has 0 fully saturated rings. The third-order valence-electron chi connectivity index (χ3n) is 4.07. The molecule has 0 spiro atoms. The molecule has 0 saturated heterocycles. The molecule has 0 saturated carbocycles. The van der Waals surface area contributed by atoms with Crippen molar-refractivity contribution >= 4 is 33.2 Å². The van der Waals surface area contributed by atoms with Gasteiger partial charge >= 0.3 is 0 Å². The Morgan fingerprint density at radius 2 is 1.92 bits per heavy atom. The van der Waals surface area contributed by atoms with Crippen LogP contribution in [0.25, 0.3) is 0 Å². The zero-order chi connectivity index (χ0) is 17.5. The lowest BCUT2D eigenvalue weighted by Crippen LogP contribution is -2.35. The summed E-state index contributed by atoms with van der Waals surface area (Å²) in [7, 11) is -3.87. The average molecular weight is 364 g/mol. The molecule has 2 aromatic rings. The van der Waals surface area contributed by atoms with Crippen molar-refractivity contribution in [2.24, 2.45) is 0 Å². The quantitative estimate of drug-likeness (QED) is 0.615. The molecule has 24 heavy (non-hydrogen) atoms. The van der Waals surface area contributed by atoms with E-state index < -0.39 is 14.9 Å². The maximum atomic E-state index is 13.2. The number of nitrogens with zero attached hydrogens (tertiary/aromatic N) is 2. The van der Waals surface area contributed by atoms with Gasteiger partial charge in [0.2, 0.25) is 0 Å². The molecule has 6 nitrogen and oxygen atoms in total. The minimum atomic E-state index is -3.87. The van der Waals surface area contributed by atoms with Crippen LogP contribution in [0.1, 0.15) is 11.1 Å². The van der Waals surface area contributed by atoms with Crippen LogP contribution < -0.4 is 4.31 Å². The number of sulfonamides is 1. The number of hydrogen-bond donors (Lipinski definition) is 0. The summed E-state index contributed by atoms with van der Waals surface area (Å²) in [5.41, 5.74) is 1.53. The van der Waals surface area contributed by atoms with Crippen LogP contribution in [0, 0.1) is 24.0 Å². The maximum Gasteiger partial charge on any atom is 0.271 e. The first-order valence-electron chi connectivity index (χ1n) is 7.32. The summed E-state index contributed by atoms with van der Waals surface area (Å²) in [6, 6.07) is 9.85. The standard InChI is InChI=1S/C16H16N2O4S2/c1-11-9-13(18(19)20)10-16(12(11)2)24(21,22)17-7-8-23-15-6-4-3-5-14(15)17/h3-6,9-10H,7-8H2,1-2H3. The molecule has 0 aliphatic carbocycles. The highest BCUT2D eigenvalue weighted by molar-refractivity contribution is 8.00. The van der Waals surface area contributed by atoms with Gasteiger partial charge in [-0.25, -0.2) is 8.42 Å². The molecule has 0 aromatic heterocycles. The Hall–Kier alpha value is -2.06. The summed E-state index contributed by atoms with van der Waals surface area (Å²) in [6.45, 7) is 3.70. The van der Waals surface area contributed by atoms with Gasteiger partial charge in [-0.3, -0.25) is 14.4 Å².